The number of carbonyl (C=O) groups is 1. The van der Waals surface area contributed by atoms with Gasteiger partial charge in [-0.3, -0.25) is 9.52 Å². The molecule has 0 bridgehead atoms. The van der Waals surface area contributed by atoms with Gasteiger partial charge >= 0.3 is 0 Å². The molecule has 0 fully saturated rings. The molecule has 4 aromatic rings. The van der Waals surface area contributed by atoms with Gasteiger partial charge in [-0.15, -0.1) is 0 Å². The number of aromatic nitrogens is 3. The van der Waals surface area contributed by atoms with Gasteiger partial charge in [0, 0.05) is 24.1 Å². The van der Waals surface area contributed by atoms with Gasteiger partial charge in [-0.05, 0) is 75.2 Å². The topological polar surface area (TPSA) is 106 Å². The number of benzene rings is 2. The average Bonchev–Trinajstić information content (AvgIpc) is 3.08. The molecule has 0 aliphatic heterocycles. The van der Waals surface area contributed by atoms with Crippen molar-refractivity contribution in [3.63, 3.8) is 0 Å². The predicted molar refractivity (Wildman–Crippen MR) is 129 cm³/mol. The van der Waals surface area contributed by atoms with Gasteiger partial charge in [-0.25, -0.2) is 13.4 Å². The van der Waals surface area contributed by atoms with Crippen LogP contribution in [0.15, 0.2) is 53.4 Å². The summed E-state index contributed by atoms with van der Waals surface area (Å²) in [6, 6.07) is 13.7. The first-order chi connectivity index (χ1) is 15.5. The number of anilines is 2. The summed E-state index contributed by atoms with van der Waals surface area (Å²) in [7, 11) is -3.89. The molecule has 0 atom stereocenters. The SMILES string of the molecule is CC(=O)Nc1ccc(S(=O)(=O)Nc2cc(C)nn2-c2cc(C)c3cc(C)cc(C)c3n2)cc1. The Kier molecular flexibility index (Phi) is 5.67. The summed E-state index contributed by atoms with van der Waals surface area (Å²) in [6.07, 6.45) is 0. The van der Waals surface area contributed by atoms with E-state index in [1.807, 2.05) is 26.8 Å². The molecule has 0 unspecified atom stereocenters. The number of hydrogen-bond acceptors (Lipinski definition) is 5. The average molecular weight is 464 g/mol. The van der Waals surface area contributed by atoms with Crippen molar-refractivity contribution < 1.29 is 13.2 Å². The van der Waals surface area contributed by atoms with E-state index in [9.17, 15) is 13.2 Å². The molecular formula is C24H25N5O3S. The first kappa shape index (κ1) is 22.5. The van der Waals surface area contributed by atoms with Crippen LogP contribution in [-0.4, -0.2) is 29.1 Å². The molecule has 0 saturated heterocycles. The van der Waals surface area contributed by atoms with E-state index in [-0.39, 0.29) is 16.6 Å². The van der Waals surface area contributed by atoms with Crippen molar-refractivity contribution in [2.75, 3.05) is 10.0 Å². The second kappa shape index (κ2) is 8.32. The summed E-state index contributed by atoms with van der Waals surface area (Å²) < 4.78 is 30.2. The number of nitrogens with zero attached hydrogens (tertiary/aromatic N) is 3. The molecule has 2 aromatic carbocycles. The molecule has 1 amide bonds. The van der Waals surface area contributed by atoms with Crippen LogP contribution in [0.2, 0.25) is 0 Å². The maximum Gasteiger partial charge on any atom is 0.263 e. The molecule has 2 heterocycles. The third kappa shape index (κ3) is 4.58. The number of fused-ring (bicyclic) bond motifs is 1. The van der Waals surface area contributed by atoms with E-state index < -0.39 is 10.0 Å². The van der Waals surface area contributed by atoms with Gasteiger partial charge in [0.1, 0.15) is 5.82 Å². The smallest absolute Gasteiger partial charge is 0.263 e. The standard InChI is InChI=1S/C24H25N5O3S/c1-14-10-16(3)24-21(11-14)15(2)12-22(26-24)29-23(13-17(4)27-29)28-33(31,32)20-8-6-19(7-9-20)25-18(5)30/h6-13,28H,1-5H3,(H,25,30). The highest BCUT2D eigenvalue weighted by Gasteiger charge is 2.19. The highest BCUT2D eigenvalue weighted by Crippen LogP contribution is 2.27. The van der Waals surface area contributed by atoms with Crippen LogP contribution >= 0.6 is 0 Å². The monoisotopic (exact) mass is 463 g/mol. The van der Waals surface area contributed by atoms with Crippen molar-refractivity contribution in [1.82, 2.24) is 14.8 Å². The molecule has 0 aliphatic rings. The van der Waals surface area contributed by atoms with E-state index >= 15 is 0 Å². The third-order valence-corrected chi connectivity index (χ3v) is 6.58. The van der Waals surface area contributed by atoms with E-state index in [1.54, 1.807) is 13.0 Å². The molecule has 0 radical (unpaired) electrons. The molecule has 9 heteroatoms. The van der Waals surface area contributed by atoms with Crippen molar-refractivity contribution in [3.8, 4) is 5.82 Å². The van der Waals surface area contributed by atoms with Crippen LogP contribution in [0.1, 0.15) is 29.3 Å². The molecule has 8 nitrogen and oxygen atoms in total. The van der Waals surface area contributed by atoms with Crippen molar-refractivity contribution in [3.05, 3.63) is 70.9 Å². The lowest BCUT2D eigenvalue weighted by Crippen LogP contribution is -2.16. The first-order valence-corrected chi connectivity index (χ1v) is 11.9. The lowest BCUT2D eigenvalue weighted by molar-refractivity contribution is -0.114. The number of carbonyl (C=O) groups excluding carboxylic acids is 1. The molecule has 2 aromatic heterocycles. The Morgan fingerprint density at radius 2 is 1.64 bits per heavy atom. The molecule has 0 spiro atoms. The molecule has 2 N–H and O–H groups in total. The fourth-order valence-corrected chi connectivity index (χ4v) is 4.83. The lowest BCUT2D eigenvalue weighted by Gasteiger charge is -2.13. The number of aryl methyl sites for hydroxylation is 4. The van der Waals surface area contributed by atoms with E-state index in [1.165, 1.54) is 35.9 Å². The molecule has 4 rings (SSSR count). The summed E-state index contributed by atoms with van der Waals surface area (Å²) in [5.74, 6) is 0.583. The number of amides is 1. The van der Waals surface area contributed by atoms with Gasteiger partial charge in [0.05, 0.1) is 16.1 Å². The quantitative estimate of drug-likeness (QED) is 0.456. The number of hydrogen-bond donors (Lipinski definition) is 2. The zero-order valence-corrected chi connectivity index (χ0v) is 19.9. The Bertz CT molecular complexity index is 1490. The summed E-state index contributed by atoms with van der Waals surface area (Å²) in [6.45, 7) is 9.24. The molecule has 170 valence electrons. The van der Waals surface area contributed by atoms with Crippen molar-refractivity contribution in [1.29, 1.82) is 0 Å². The molecule has 0 saturated carbocycles. The largest absolute Gasteiger partial charge is 0.326 e. The predicted octanol–water partition coefficient (Wildman–Crippen LogP) is 4.41. The first-order valence-electron chi connectivity index (χ1n) is 10.4. The summed E-state index contributed by atoms with van der Waals surface area (Å²) in [4.78, 5) is 16.1. The normalized spacial score (nSPS) is 11.5. The van der Waals surface area contributed by atoms with Crippen LogP contribution in [-0.2, 0) is 14.8 Å². The zero-order chi connectivity index (χ0) is 23.9. The van der Waals surface area contributed by atoms with Crippen LogP contribution < -0.4 is 10.0 Å². The fourth-order valence-electron chi connectivity index (χ4n) is 3.80. The Morgan fingerprint density at radius 3 is 2.30 bits per heavy atom. The number of nitrogens with one attached hydrogen (secondary N) is 2. The fraction of sp³-hybridized carbons (Fsp3) is 0.208. The van der Waals surface area contributed by atoms with Gasteiger partial charge in [-0.1, -0.05) is 11.6 Å². The number of rotatable bonds is 5. The van der Waals surface area contributed by atoms with Gasteiger partial charge in [-0.2, -0.15) is 9.78 Å². The second-order valence-corrected chi connectivity index (χ2v) is 9.85. The second-order valence-electron chi connectivity index (χ2n) is 8.17. The number of pyridine rings is 1. The Hall–Kier alpha value is -3.72. The third-order valence-electron chi connectivity index (χ3n) is 5.21. The van der Waals surface area contributed by atoms with E-state index in [0.29, 0.717) is 17.2 Å². The van der Waals surface area contributed by atoms with E-state index in [4.69, 9.17) is 4.98 Å². The van der Waals surface area contributed by atoms with Gasteiger partial charge in [0.15, 0.2) is 5.82 Å². The van der Waals surface area contributed by atoms with Crippen LogP contribution in [0.25, 0.3) is 16.7 Å². The van der Waals surface area contributed by atoms with Gasteiger partial charge < -0.3 is 5.32 Å². The zero-order valence-electron chi connectivity index (χ0n) is 19.1. The van der Waals surface area contributed by atoms with Crippen LogP contribution in [0, 0.1) is 27.7 Å². The highest BCUT2D eigenvalue weighted by atomic mass is 32.2. The Labute approximate surface area is 192 Å². The minimum atomic E-state index is -3.89. The Balaban J connectivity index is 1.73. The maximum absolute atomic E-state index is 13.0. The highest BCUT2D eigenvalue weighted by molar-refractivity contribution is 7.92. The molecule has 33 heavy (non-hydrogen) atoms. The summed E-state index contributed by atoms with van der Waals surface area (Å²) in [5.41, 5.74) is 5.24. The summed E-state index contributed by atoms with van der Waals surface area (Å²) in [5, 5.41) is 8.16. The summed E-state index contributed by atoms with van der Waals surface area (Å²) >= 11 is 0. The molecule has 0 aliphatic carbocycles. The van der Waals surface area contributed by atoms with Crippen molar-refractivity contribution >= 4 is 38.3 Å². The number of sulfonamides is 1. The minimum Gasteiger partial charge on any atom is -0.326 e. The lowest BCUT2D eigenvalue weighted by atomic mass is 10.0. The van der Waals surface area contributed by atoms with E-state index in [2.05, 4.69) is 27.3 Å². The molecular weight excluding hydrogens is 438 g/mol. The van der Waals surface area contributed by atoms with E-state index in [0.717, 1.165) is 27.6 Å². The minimum absolute atomic E-state index is 0.0657. The van der Waals surface area contributed by atoms with Gasteiger partial charge in [0.25, 0.3) is 10.0 Å². The van der Waals surface area contributed by atoms with Crippen LogP contribution in [0.3, 0.4) is 0 Å². The van der Waals surface area contributed by atoms with Crippen LogP contribution in [0.5, 0.6) is 0 Å². The van der Waals surface area contributed by atoms with Gasteiger partial charge in [0.2, 0.25) is 5.91 Å². The maximum atomic E-state index is 13.0. The van der Waals surface area contributed by atoms with Crippen molar-refractivity contribution in [2.45, 2.75) is 39.5 Å². The van der Waals surface area contributed by atoms with Crippen molar-refractivity contribution in [2.24, 2.45) is 0 Å². The Morgan fingerprint density at radius 1 is 0.939 bits per heavy atom. The van der Waals surface area contributed by atoms with Crippen LogP contribution in [0.4, 0.5) is 11.5 Å².